The highest BCUT2D eigenvalue weighted by molar-refractivity contribution is 5.83. The number of methoxy groups -OCH3 is 1. The van der Waals surface area contributed by atoms with Crippen LogP contribution in [0.2, 0.25) is 0 Å². The summed E-state index contributed by atoms with van der Waals surface area (Å²) in [6.07, 6.45) is 5.15. The molecule has 3 heteroatoms. The summed E-state index contributed by atoms with van der Waals surface area (Å²) >= 11 is 0. The molecule has 20 heavy (non-hydrogen) atoms. The van der Waals surface area contributed by atoms with E-state index in [1.807, 2.05) is 6.07 Å². The number of carbonyl (C=O) groups excluding carboxylic acids is 1. The van der Waals surface area contributed by atoms with Gasteiger partial charge in [0.05, 0.1) is 7.11 Å². The van der Waals surface area contributed by atoms with Gasteiger partial charge in [-0.2, -0.15) is 0 Å². The molecule has 1 aromatic rings. The summed E-state index contributed by atoms with van der Waals surface area (Å²) in [6.45, 7) is 2.28. The monoisotopic (exact) mass is 273 g/mol. The highest BCUT2D eigenvalue weighted by atomic mass is 16.5. The van der Waals surface area contributed by atoms with Crippen LogP contribution in [0, 0.1) is 5.41 Å². The molecule has 1 aromatic carbocycles. The largest absolute Gasteiger partial charge is 0.497 e. The van der Waals surface area contributed by atoms with Gasteiger partial charge in [0.1, 0.15) is 5.75 Å². The van der Waals surface area contributed by atoms with Crippen LogP contribution in [0.15, 0.2) is 18.2 Å². The Morgan fingerprint density at radius 1 is 1.40 bits per heavy atom. The number of primary amides is 1. The molecular weight excluding hydrogens is 250 g/mol. The fourth-order valence-electron chi connectivity index (χ4n) is 3.66. The molecule has 0 radical (unpaired) electrons. The highest BCUT2D eigenvalue weighted by Crippen LogP contribution is 2.53. The Balaban J connectivity index is 1.75. The maximum atomic E-state index is 11.5. The summed E-state index contributed by atoms with van der Waals surface area (Å²) in [6, 6.07) is 6.41. The van der Waals surface area contributed by atoms with Gasteiger partial charge in [-0.15, -0.1) is 0 Å². The molecule has 2 N–H and O–H groups in total. The molecule has 2 aliphatic carbocycles. The van der Waals surface area contributed by atoms with Gasteiger partial charge in [0.25, 0.3) is 0 Å². The maximum Gasteiger partial charge on any atom is 0.223 e. The third-order valence-electron chi connectivity index (χ3n) is 5.25. The van der Waals surface area contributed by atoms with Crippen LogP contribution in [0.1, 0.15) is 62.0 Å². The lowest BCUT2D eigenvalue weighted by Gasteiger charge is -2.16. The van der Waals surface area contributed by atoms with E-state index in [1.165, 1.54) is 17.5 Å². The number of carbonyl (C=O) groups is 1. The van der Waals surface area contributed by atoms with Crippen LogP contribution in [0.5, 0.6) is 5.75 Å². The number of ether oxygens (including phenoxy) is 1. The number of hydrogen-bond acceptors (Lipinski definition) is 2. The minimum atomic E-state index is -0.176. The first kappa shape index (κ1) is 13.5. The summed E-state index contributed by atoms with van der Waals surface area (Å²) in [5, 5.41) is 0. The minimum Gasteiger partial charge on any atom is -0.497 e. The van der Waals surface area contributed by atoms with Crippen molar-refractivity contribution in [2.75, 3.05) is 7.11 Å². The molecule has 3 nitrogen and oxygen atoms in total. The Labute approximate surface area is 120 Å². The summed E-state index contributed by atoms with van der Waals surface area (Å²) in [5.41, 5.74) is 8.21. The van der Waals surface area contributed by atoms with Gasteiger partial charge in [-0.05, 0) is 67.2 Å². The van der Waals surface area contributed by atoms with Crippen molar-refractivity contribution in [2.45, 2.75) is 50.9 Å². The first-order valence-electron chi connectivity index (χ1n) is 7.53. The summed E-state index contributed by atoms with van der Waals surface area (Å²) in [5.74, 6) is 1.98. The Bertz CT molecular complexity index is 534. The van der Waals surface area contributed by atoms with E-state index in [4.69, 9.17) is 10.5 Å². The van der Waals surface area contributed by atoms with Crippen molar-refractivity contribution in [2.24, 2.45) is 11.1 Å². The molecule has 0 heterocycles. The molecule has 108 valence electrons. The molecule has 3 rings (SSSR count). The molecule has 2 aliphatic rings. The number of amides is 1. The molecule has 1 saturated carbocycles. The van der Waals surface area contributed by atoms with Crippen molar-refractivity contribution < 1.29 is 9.53 Å². The average molecular weight is 273 g/mol. The Kier molecular flexibility index (Phi) is 3.23. The SMILES string of the molecule is COc1ccc2c(c1)C(CCC1(C(N)=O)CC1)CC2C. The van der Waals surface area contributed by atoms with Crippen molar-refractivity contribution in [3.63, 3.8) is 0 Å². The van der Waals surface area contributed by atoms with Crippen LogP contribution in [0.3, 0.4) is 0 Å². The highest BCUT2D eigenvalue weighted by Gasteiger charge is 2.48. The lowest BCUT2D eigenvalue weighted by Crippen LogP contribution is -2.25. The second-order valence-corrected chi connectivity index (χ2v) is 6.51. The van der Waals surface area contributed by atoms with Gasteiger partial charge in [-0.25, -0.2) is 0 Å². The van der Waals surface area contributed by atoms with Gasteiger partial charge >= 0.3 is 0 Å². The first-order valence-corrected chi connectivity index (χ1v) is 7.53. The molecule has 0 aliphatic heterocycles. The van der Waals surface area contributed by atoms with Crippen molar-refractivity contribution >= 4 is 5.91 Å². The maximum absolute atomic E-state index is 11.5. The number of rotatable bonds is 5. The third-order valence-corrected chi connectivity index (χ3v) is 5.25. The molecule has 1 fully saturated rings. The van der Waals surface area contributed by atoms with Crippen LogP contribution in [-0.2, 0) is 4.79 Å². The normalized spacial score (nSPS) is 26.1. The van der Waals surface area contributed by atoms with E-state index < -0.39 is 0 Å². The molecule has 1 amide bonds. The number of hydrogen-bond donors (Lipinski definition) is 1. The zero-order valence-electron chi connectivity index (χ0n) is 12.3. The van der Waals surface area contributed by atoms with E-state index in [9.17, 15) is 4.79 Å². The van der Waals surface area contributed by atoms with Gasteiger partial charge < -0.3 is 10.5 Å². The van der Waals surface area contributed by atoms with Gasteiger partial charge in [-0.3, -0.25) is 4.79 Å². The van der Waals surface area contributed by atoms with E-state index in [-0.39, 0.29) is 11.3 Å². The average Bonchev–Trinajstić information content (AvgIpc) is 3.18. The lowest BCUT2D eigenvalue weighted by atomic mass is 9.89. The molecule has 0 spiro atoms. The predicted octanol–water partition coefficient (Wildman–Crippen LogP) is 3.33. The smallest absolute Gasteiger partial charge is 0.223 e. The van der Waals surface area contributed by atoms with Crippen LogP contribution < -0.4 is 10.5 Å². The zero-order valence-corrected chi connectivity index (χ0v) is 12.3. The molecular formula is C17H23NO2. The summed E-state index contributed by atoms with van der Waals surface area (Å²) in [7, 11) is 1.71. The Morgan fingerprint density at radius 2 is 2.15 bits per heavy atom. The van der Waals surface area contributed by atoms with E-state index in [1.54, 1.807) is 7.11 Å². The topological polar surface area (TPSA) is 52.3 Å². The summed E-state index contributed by atoms with van der Waals surface area (Å²) in [4.78, 5) is 11.5. The molecule has 0 bridgehead atoms. The quantitative estimate of drug-likeness (QED) is 0.894. The van der Waals surface area contributed by atoms with Crippen LogP contribution >= 0.6 is 0 Å². The molecule has 2 unspecified atom stereocenters. The second-order valence-electron chi connectivity index (χ2n) is 6.51. The fraction of sp³-hybridized carbons (Fsp3) is 0.588. The van der Waals surface area contributed by atoms with E-state index in [0.717, 1.165) is 31.4 Å². The standard InChI is InChI=1S/C17H23NO2/c1-11-9-12(5-6-17(7-8-17)16(18)19)15-10-13(20-2)3-4-14(11)15/h3-4,10-12H,5-9H2,1-2H3,(H2,18,19). The van der Waals surface area contributed by atoms with E-state index in [2.05, 4.69) is 19.1 Å². The Morgan fingerprint density at radius 3 is 2.75 bits per heavy atom. The van der Waals surface area contributed by atoms with Crippen molar-refractivity contribution in [3.8, 4) is 5.75 Å². The zero-order chi connectivity index (χ0) is 14.3. The van der Waals surface area contributed by atoms with E-state index >= 15 is 0 Å². The van der Waals surface area contributed by atoms with Crippen molar-refractivity contribution in [3.05, 3.63) is 29.3 Å². The lowest BCUT2D eigenvalue weighted by molar-refractivity contribution is -0.123. The van der Waals surface area contributed by atoms with Crippen molar-refractivity contribution in [1.29, 1.82) is 0 Å². The van der Waals surface area contributed by atoms with Gasteiger partial charge in [-0.1, -0.05) is 13.0 Å². The second kappa shape index (κ2) is 4.80. The molecule has 0 saturated heterocycles. The van der Waals surface area contributed by atoms with Gasteiger partial charge in [0.15, 0.2) is 0 Å². The minimum absolute atomic E-state index is 0.102. The summed E-state index contributed by atoms with van der Waals surface area (Å²) < 4.78 is 5.34. The number of nitrogens with two attached hydrogens (primary N) is 1. The predicted molar refractivity (Wildman–Crippen MR) is 78.9 cm³/mol. The fourth-order valence-corrected chi connectivity index (χ4v) is 3.66. The first-order chi connectivity index (χ1) is 9.55. The third kappa shape index (κ3) is 2.19. The van der Waals surface area contributed by atoms with Crippen LogP contribution in [0.4, 0.5) is 0 Å². The van der Waals surface area contributed by atoms with Crippen LogP contribution in [-0.4, -0.2) is 13.0 Å². The molecule has 2 atom stereocenters. The van der Waals surface area contributed by atoms with E-state index in [0.29, 0.717) is 11.8 Å². The van der Waals surface area contributed by atoms with Gasteiger partial charge in [0, 0.05) is 5.41 Å². The van der Waals surface area contributed by atoms with Crippen molar-refractivity contribution in [1.82, 2.24) is 0 Å². The number of fused-ring (bicyclic) bond motifs is 1. The van der Waals surface area contributed by atoms with Crippen LogP contribution in [0.25, 0.3) is 0 Å². The van der Waals surface area contributed by atoms with Gasteiger partial charge in [0.2, 0.25) is 5.91 Å². The number of benzene rings is 1. The molecule has 0 aromatic heterocycles. The Hall–Kier alpha value is -1.51.